The van der Waals surface area contributed by atoms with Crippen LogP contribution in [0.15, 0.2) is 35.5 Å². The van der Waals surface area contributed by atoms with Crippen LogP contribution in [0.25, 0.3) is 0 Å². The molecule has 1 heterocycles. The summed E-state index contributed by atoms with van der Waals surface area (Å²) in [6, 6.07) is 8.26. The Bertz CT molecular complexity index is 757. The van der Waals surface area contributed by atoms with Crippen molar-refractivity contribution < 1.29 is 47.5 Å². The lowest BCUT2D eigenvalue weighted by atomic mass is 10.0. The fourth-order valence-corrected chi connectivity index (χ4v) is 3.78. The van der Waals surface area contributed by atoms with Gasteiger partial charge in [-0.2, -0.15) is 8.42 Å². The second kappa shape index (κ2) is 9.96. The molecule has 0 aromatic heterocycles. The average Bonchev–Trinajstić information content (AvgIpc) is 2.66. The number of rotatable bonds is 7. The summed E-state index contributed by atoms with van der Waals surface area (Å²) in [4.78, 5) is 0. The SMILES string of the molecule is O=S(=O)([O-])ON=C(CC(O)c1ccccc1)SC1OC(CO)C(O)C(O)C1O. The number of ether oxygens (including phenoxy) is 1. The number of hydrogen-bond acceptors (Lipinski definition) is 12. The van der Waals surface area contributed by atoms with Crippen molar-refractivity contribution in [2.24, 2.45) is 5.16 Å². The third-order valence-electron chi connectivity index (χ3n) is 3.88. The van der Waals surface area contributed by atoms with E-state index in [4.69, 9.17) is 4.74 Å². The van der Waals surface area contributed by atoms with Crippen molar-refractivity contribution in [3.8, 4) is 0 Å². The summed E-state index contributed by atoms with van der Waals surface area (Å²) >= 11 is 0.570. The third kappa shape index (κ3) is 6.37. The van der Waals surface area contributed by atoms with Crippen LogP contribution in [0.2, 0.25) is 0 Å². The van der Waals surface area contributed by atoms with E-state index in [-0.39, 0.29) is 11.5 Å². The van der Waals surface area contributed by atoms with Crippen molar-refractivity contribution >= 4 is 27.2 Å². The van der Waals surface area contributed by atoms with Crippen LogP contribution in [0.5, 0.6) is 0 Å². The summed E-state index contributed by atoms with van der Waals surface area (Å²) in [5, 5.41) is 52.2. The summed E-state index contributed by atoms with van der Waals surface area (Å²) in [7, 11) is -5.17. The highest BCUT2D eigenvalue weighted by Crippen LogP contribution is 2.32. The molecule has 1 saturated heterocycles. The molecule has 6 atom stereocenters. The van der Waals surface area contributed by atoms with Crippen LogP contribution < -0.4 is 0 Å². The fourth-order valence-electron chi connectivity index (χ4n) is 2.45. The van der Waals surface area contributed by atoms with Crippen LogP contribution in [0.4, 0.5) is 0 Å². The lowest BCUT2D eigenvalue weighted by Gasteiger charge is -2.39. The van der Waals surface area contributed by atoms with Crippen LogP contribution in [-0.4, -0.2) is 80.0 Å². The normalized spacial score (nSPS) is 30.1. The zero-order chi connectivity index (χ0) is 20.9. The molecule has 2 rings (SSSR count). The molecule has 1 aliphatic rings. The van der Waals surface area contributed by atoms with Crippen molar-refractivity contribution in [1.29, 1.82) is 0 Å². The first-order valence-corrected chi connectivity index (χ1v) is 10.2. The van der Waals surface area contributed by atoms with Crippen LogP contribution in [0.3, 0.4) is 0 Å². The maximum absolute atomic E-state index is 10.7. The van der Waals surface area contributed by atoms with E-state index in [2.05, 4.69) is 9.44 Å². The van der Waals surface area contributed by atoms with Crippen LogP contribution in [-0.2, 0) is 19.4 Å². The van der Waals surface area contributed by atoms with Gasteiger partial charge >= 0.3 is 0 Å². The average molecular weight is 438 g/mol. The minimum atomic E-state index is -5.17. The van der Waals surface area contributed by atoms with Gasteiger partial charge in [-0.25, -0.2) is 0 Å². The second-order valence-corrected chi connectivity index (χ2v) is 8.05. The largest absolute Gasteiger partial charge is 0.714 e. The summed E-state index contributed by atoms with van der Waals surface area (Å²) in [5.74, 6) is 0. The first-order chi connectivity index (χ1) is 13.1. The molecule has 0 aliphatic carbocycles. The van der Waals surface area contributed by atoms with E-state index in [1.54, 1.807) is 30.3 Å². The minimum Gasteiger partial charge on any atom is -0.714 e. The monoisotopic (exact) mass is 438 g/mol. The van der Waals surface area contributed by atoms with E-state index in [0.717, 1.165) is 0 Å². The number of oxime groups is 1. The van der Waals surface area contributed by atoms with Gasteiger partial charge in [0, 0.05) is 6.42 Å². The van der Waals surface area contributed by atoms with Gasteiger partial charge in [0.15, 0.2) is 0 Å². The summed E-state index contributed by atoms with van der Waals surface area (Å²) in [5.41, 5.74) is -0.829. The van der Waals surface area contributed by atoms with Crippen LogP contribution in [0, 0.1) is 0 Å². The van der Waals surface area contributed by atoms with Crippen molar-refractivity contribution in [3.05, 3.63) is 35.9 Å². The van der Waals surface area contributed by atoms with E-state index in [1.807, 2.05) is 0 Å². The van der Waals surface area contributed by atoms with Crippen LogP contribution in [0.1, 0.15) is 18.1 Å². The van der Waals surface area contributed by atoms with Gasteiger partial charge in [0.1, 0.15) is 34.9 Å². The number of aliphatic hydroxyl groups excluding tert-OH is 5. The number of nitrogens with zero attached hydrogens (tertiary/aromatic N) is 1. The number of benzene rings is 1. The van der Waals surface area contributed by atoms with E-state index in [9.17, 15) is 38.5 Å². The van der Waals surface area contributed by atoms with Gasteiger partial charge in [0.25, 0.3) is 10.4 Å². The number of aliphatic hydroxyl groups is 5. The second-order valence-electron chi connectivity index (χ2n) is 5.91. The quantitative estimate of drug-likeness (QED) is 0.109. The lowest BCUT2D eigenvalue weighted by molar-refractivity contribution is -0.205. The molecule has 0 spiro atoms. The summed E-state index contributed by atoms with van der Waals surface area (Å²) in [6.07, 6.45) is -7.53. The summed E-state index contributed by atoms with van der Waals surface area (Å²) in [6.45, 7) is -0.660. The highest BCUT2D eigenvalue weighted by Gasteiger charge is 2.44. The Kier molecular flexibility index (Phi) is 8.18. The number of thioether (sulfide) groups is 1. The zero-order valence-corrected chi connectivity index (χ0v) is 15.9. The van der Waals surface area contributed by atoms with E-state index >= 15 is 0 Å². The third-order valence-corrected chi connectivity index (χ3v) is 5.28. The molecule has 1 aromatic rings. The summed E-state index contributed by atoms with van der Waals surface area (Å²) < 4.78 is 41.3. The molecule has 5 N–H and O–H groups in total. The molecule has 0 saturated carbocycles. The van der Waals surface area contributed by atoms with Gasteiger partial charge in [-0.15, -0.1) is 0 Å². The molecule has 158 valence electrons. The van der Waals surface area contributed by atoms with Gasteiger partial charge in [0.05, 0.1) is 12.7 Å². The molecular weight excluding hydrogens is 418 g/mol. The van der Waals surface area contributed by atoms with E-state index in [0.29, 0.717) is 17.3 Å². The Labute approximate surface area is 165 Å². The van der Waals surface area contributed by atoms with Gasteiger partial charge < -0.3 is 34.8 Å². The molecule has 28 heavy (non-hydrogen) atoms. The Balaban J connectivity index is 2.19. The predicted molar refractivity (Wildman–Crippen MR) is 95.6 cm³/mol. The fraction of sp³-hybridized carbons (Fsp3) is 0.533. The number of hydrogen-bond donors (Lipinski definition) is 5. The topological polar surface area (TPSA) is 189 Å². The lowest BCUT2D eigenvalue weighted by Crippen LogP contribution is -2.57. The van der Waals surface area contributed by atoms with Crippen molar-refractivity contribution in [1.82, 2.24) is 0 Å². The standard InChI is InChI=1S/C15H21NO10S2/c17-7-10-12(19)13(20)14(21)15(25-10)27-11(16-26-28(22,23)24)6-9(18)8-4-2-1-3-5-8/h1-5,9-10,12-15,17-21H,6-7H2,(H,22,23,24)/p-1. The molecule has 1 fully saturated rings. The van der Waals surface area contributed by atoms with Crippen molar-refractivity contribution in [3.63, 3.8) is 0 Å². The molecule has 11 nitrogen and oxygen atoms in total. The zero-order valence-electron chi connectivity index (χ0n) is 14.3. The highest BCUT2D eigenvalue weighted by molar-refractivity contribution is 8.14. The van der Waals surface area contributed by atoms with Gasteiger partial charge in [0.2, 0.25) is 0 Å². The molecule has 1 aliphatic heterocycles. The minimum absolute atomic E-state index is 0.236. The molecule has 0 bridgehead atoms. The van der Waals surface area contributed by atoms with E-state index in [1.165, 1.54) is 0 Å². The Morgan fingerprint density at radius 3 is 2.43 bits per heavy atom. The predicted octanol–water partition coefficient (Wildman–Crippen LogP) is -1.57. The maximum atomic E-state index is 10.7. The van der Waals surface area contributed by atoms with Gasteiger partial charge in [-0.1, -0.05) is 47.2 Å². The van der Waals surface area contributed by atoms with Gasteiger partial charge in [-0.3, -0.25) is 4.28 Å². The Hall–Kier alpha value is -1.29. The first-order valence-electron chi connectivity index (χ1n) is 8.04. The molecular formula is C15H20NO10S2-. The first kappa shape index (κ1) is 23.0. The Morgan fingerprint density at radius 1 is 1.21 bits per heavy atom. The van der Waals surface area contributed by atoms with Crippen molar-refractivity contribution in [2.45, 2.75) is 42.4 Å². The Morgan fingerprint density at radius 2 is 1.86 bits per heavy atom. The molecule has 6 unspecified atom stereocenters. The van der Waals surface area contributed by atoms with Crippen LogP contribution >= 0.6 is 11.8 Å². The molecule has 0 radical (unpaired) electrons. The van der Waals surface area contributed by atoms with E-state index < -0.39 is 53.0 Å². The smallest absolute Gasteiger partial charge is 0.284 e. The molecule has 0 amide bonds. The highest BCUT2D eigenvalue weighted by atomic mass is 32.3. The van der Waals surface area contributed by atoms with Crippen molar-refractivity contribution in [2.75, 3.05) is 6.61 Å². The maximum Gasteiger partial charge on any atom is 0.284 e. The molecule has 1 aromatic carbocycles. The molecule has 13 heteroatoms. The van der Waals surface area contributed by atoms with Gasteiger partial charge in [-0.05, 0) is 5.56 Å².